The zero-order valence-corrected chi connectivity index (χ0v) is 27.5. The minimum absolute atomic E-state index is 0.111. The fourth-order valence-corrected chi connectivity index (χ4v) is 5.44. The van der Waals surface area contributed by atoms with Gasteiger partial charge in [-0.2, -0.15) is 0 Å². The first kappa shape index (κ1) is 37.6. The number of carbonyl (C=O) groups excluding carboxylic acids is 1. The molecule has 2 fully saturated rings. The molecule has 248 valence electrons. The van der Waals surface area contributed by atoms with Gasteiger partial charge in [-0.25, -0.2) is 0 Å². The molecule has 43 heavy (non-hydrogen) atoms. The number of nitrogens with zero attached hydrogens (tertiary/aromatic N) is 1. The minimum Gasteiger partial charge on any atom is -0.454 e. The number of esters is 1. The number of rotatable bonds is 19. The number of ether oxygens (including phenoxy) is 3. The maximum Gasteiger partial charge on any atom is 0.320 e. The number of morpholine rings is 1. The fraction of sp³-hybridized carbons (Fsp3) is 0.794. The van der Waals surface area contributed by atoms with Crippen molar-refractivity contribution in [3.05, 3.63) is 36.0 Å². The summed E-state index contributed by atoms with van der Waals surface area (Å²) >= 11 is 0. The molecule has 2 aliphatic rings. The normalized spacial score (nSPS) is 26.4. The van der Waals surface area contributed by atoms with Gasteiger partial charge < -0.3 is 34.6 Å². The second kappa shape index (κ2) is 18.4. The standard InChI is InChI=1S/C34H59NO8/c1-8-27(36)15-16-34(7,40)30(43-31(38)22-35-17-19-41-20-18-35)14-13-25(5)32(39)24(4)12-10-11-23(3)21-29-33(42-29)26(6)28(37)9-2/h10-14,23,25-30,32-33,36-37,39-40H,8-9,15-22H2,1-7H3/b11-10+,14-13+,24-12+. The van der Waals surface area contributed by atoms with Crippen LogP contribution in [0.3, 0.4) is 0 Å². The Morgan fingerprint density at radius 1 is 1.07 bits per heavy atom. The SMILES string of the molecule is CCC(O)CCC(C)(O)C(/C=C/C(C)C(O)/C(C)=C/C=C/C(C)CC1OC1C(C)C(O)CC)OC(=O)CN1CCOCC1. The Bertz CT molecular complexity index is 912. The molecular formula is C34H59NO8. The Morgan fingerprint density at radius 2 is 1.74 bits per heavy atom. The van der Waals surface area contributed by atoms with E-state index in [9.17, 15) is 25.2 Å². The molecule has 10 unspecified atom stereocenters. The van der Waals surface area contributed by atoms with E-state index < -0.39 is 29.9 Å². The van der Waals surface area contributed by atoms with Gasteiger partial charge in [-0.15, -0.1) is 0 Å². The summed E-state index contributed by atoms with van der Waals surface area (Å²) in [5.74, 6) is -0.305. The predicted octanol–water partition coefficient (Wildman–Crippen LogP) is 3.79. The summed E-state index contributed by atoms with van der Waals surface area (Å²) in [6.07, 6.45) is 9.97. The number of hydrogen-bond donors (Lipinski definition) is 4. The lowest BCUT2D eigenvalue weighted by atomic mass is 9.89. The summed E-state index contributed by atoms with van der Waals surface area (Å²) in [5, 5.41) is 42.4. The molecule has 0 bridgehead atoms. The van der Waals surface area contributed by atoms with Gasteiger partial charge in [0, 0.05) is 24.9 Å². The van der Waals surface area contributed by atoms with E-state index in [2.05, 4.69) is 13.0 Å². The first-order chi connectivity index (χ1) is 20.3. The number of allylic oxidation sites excluding steroid dienone is 3. The Labute approximate surface area is 259 Å². The van der Waals surface area contributed by atoms with Crippen LogP contribution in [0.2, 0.25) is 0 Å². The summed E-state index contributed by atoms with van der Waals surface area (Å²) in [4.78, 5) is 14.8. The van der Waals surface area contributed by atoms with Crippen LogP contribution in [0.1, 0.15) is 80.6 Å². The van der Waals surface area contributed by atoms with Gasteiger partial charge in [0.05, 0.1) is 50.3 Å². The van der Waals surface area contributed by atoms with Crippen molar-refractivity contribution in [2.24, 2.45) is 17.8 Å². The molecule has 9 heteroatoms. The van der Waals surface area contributed by atoms with Gasteiger partial charge >= 0.3 is 5.97 Å². The van der Waals surface area contributed by atoms with Crippen LogP contribution in [0.4, 0.5) is 0 Å². The third kappa shape index (κ3) is 13.1. The van der Waals surface area contributed by atoms with Crippen LogP contribution in [-0.4, -0.2) is 106 Å². The van der Waals surface area contributed by atoms with Gasteiger partial charge in [0.25, 0.3) is 0 Å². The number of aliphatic hydroxyl groups excluding tert-OH is 3. The molecule has 2 rings (SSSR count). The number of epoxide rings is 1. The molecule has 9 nitrogen and oxygen atoms in total. The van der Waals surface area contributed by atoms with Crippen molar-refractivity contribution < 1.29 is 39.4 Å². The van der Waals surface area contributed by atoms with Gasteiger partial charge in [0.2, 0.25) is 0 Å². The van der Waals surface area contributed by atoms with Crippen LogP contribution in [0.15, 0.2) is 36.0 Å². The summed E-state index contributed by atoms with van der Waals surface area (Å²) in [5.41, 5.74) is -0.599. The second-order valence-corrected chi connectivity index (χ2v) is 12.9. The smallest absolute Gasteiger partial charge is 0.320 e. The maximum atomic E-state index is 12.8. The van der Waals surface area contributed by atoms with Crippen LogP contribution in [0.5, 0.6) is 0 Å². The molecule has 0 amide bonds. The molecule has 0 aliphatic carbocycles. The summed E-state index contributed by atoms with van der Waals surface area (Å²) in [6, 6.07) is 0. The van der Waals surface area contributed by atoms with Crippen molar-refractivity contribution in [1.82, 2.24) is 4.90 Å². The molecule has 0 radical (unpaired) electrons. The lowest BCUT2D eigenvalue weighted by Crippen LogP contribution is -2.45. The second-order valence-electron chi connectivity index (χ2n) is 12.9. The van der Waals surface area contributed by atoms with Crippen molar-refractivity contribution in [2.45, 2.75) is 123 Å². The zero-order chi connectivity index (χ0) is 32.2. The fourth-order valence-electron chi connectivity index (χ4n) is 5.44. The number of carbonyl (C=O) groups is 1. The molecule has 0 saturated carbocycles. The van der Waals surface area contributed by atoms with Crippen molar-refractivity contribution >= 4 is 5.97 Å². The van der Waals surface area contributed by atoms with Crippen LogP contribution in [0, 0.1) is 17.8 Å². The van der Waals surface area contributed by atoms with Crippen molar-refractivity contribution in [3.63, 3.8) is 0 Å². The average Bonchev–Trinajstić information content (AvgIpc) is 3.75. The average molecular weight is 610 g/mol. The maximum absolute atomic E-state index is 12.8. The third-order valence-electron chi connectivity index (χ3n) is 8.90. The van der Waals surface area contributed by atoms with E-state index >= 15 is 0 Å². The number of aliphatic hydroxyl groups is 4. The van der Waals surface area contributed by atoms with Crippen molar-refractivity contribution in [2.75, 3.05) is 32.8 Å². The van der Waals surface area contributed by atoms with E-state index in [0.29, 0.717) is 45.1 Å². The number of hydrogen-bond acceptors (Lipinski definition) is 9. The molecule has 2 heterocycles. The first-order valence-electron chi connectivity index (χ1n) is 16.2. The topological polar surface area (TPSA) is 132 Å². The highest BCUT2D eigenvalue weighted by molar-refractivity contribution is 5.72. The highest BCUT2D eigenvalue weighted by Gasteiger charge is 2.45. The Balaban J connectivity index is 1.98. The molecule has 2 aliphatic heterocycles. The summed E-state index contributed by atoms with van der Waals surface area (Å²) < 4.78 is 16.9. The summed E-state index contributed by atoms with van der Waals surface area (Å²) in [6.45, 7) is 15.9. The van der Waals surface area contributed by atoms with Crippen LogP contribution in [-0.2, 0) is 19.0 Å². The van der Waals surface area contributed by atoms with Crippen LogP contribution in [0.25, 0.3) is 0 Å². The highest BCUT2D eigenvalue weighted by Crippen LogP contribution is 2.36. The van der Waals surface area contributed by atoms with Crippen molar-refractivity contribution in [3.8, 4) is 0 Å². The lowest BCUT2D eigenvalue weighted by Gasteiger charge is -2.33. The van der Waals surface area contributed by atoms with Crippen LogP contribution >= 0.6 is 0 Å². The van der Waals surface area contributed by atoms with Gasteiger partial charge in [-0.1, -0.05) is 58.9 Å². The Morgan fingerprint density at radius 3 is 2.37 bits per heavy atom. The summed E-state index contributed by atoms with van der Waals surface area (Å²) in [7, 11) is 0. The third-order valence-corrected chi connectivity index (χ3v) is 8.90. The van der Waals surface area contributed by atoms with Gasteiger partial charge in [0.1, 0.15) is 11.7 Å². The molecule has 0 aromatic heterocycles. The highest BCUT2D eigenvalue weighted by atomic mass is 16.6. The van der Waals surface area contributed by atoms with E-state index in [1.807, 2.05) is 51.7 Å². The monoisotopic (exact) mass is 609 g/mol. The minimum atomic E-state index is -1.39. The van der Waals surface area contributed by atoms with Crippen LogP contribution < -0.4 is 0 Å². The van der Waals surface area contributed by atoms with E-state index in [1.165, 1.54) is 0 Å². The van der Waals surface area contributed by atoms with E-state index in [-0.39, 0.29) is 43.1 Å². The molecule has 2 saturated heterocycles. The molecule has 0 aromatic carbocycles. The molecule has 0 aromatic rings. The Kier molecular flexibility index (Phi) is 16.1. The largest absolute Gasteiger partial charge is 0.454 e. The Hall–Kier alpha value is -1.59. The molecule has 10 atom stereocenters. The lowest BCUT2D eigenvalue weighted by molar-refractivity contribution is -0.161. The van der Waals surface area contributed by atoms with E-state index in [4.69, 9.17) is 14.2 Å². The van der Waals surface area contributed by atoms with Gasteiger partial charge in [0.15, 0.2) is 0 Å². The van der Waals surface area contributed by atoms with Crippen molar-refractivity contribution in [1.29, 1.82) is 0 Å². The van der Waals surface area contributed by atoms with E-state index in [1.54, 1.807) is 19.1 Å². The first-order valence-corrected chi connectivity index (χ1v) is 16.2. The van der Waals surface area contributed by atoms with E-state index in [0.717, 1.165) is 18.4 Å². The molecular weight excluding hydrogens is 550 g/mol. The predicted molar refractivity (Wildman–Crippen MR) is 168 cm³/mol. The molecule has 4 N–H and O–H groups in total. The van der Waals surface area contributed by atoms with Gasteiger partial charge in [-0.05, 0) is 63.5 Å². The quantitative estimate of drug-likeness (QED) is 0.0748. The molecule has 0 spiro atoms. The zero-order valence-electron chi connectivity index (χ0n) is 27.5. The van der Waals surface area contributed by atoms with Gasteiger partial charge in [-0.3, -0.25) is 9.69 Å².